The molecule has 1 unspecified atom stereocenters. The molecule has 1 aromatic carbocycles. The number of hydrogen-bond donors (Lipinski definition) is 1. The van der Waals surface area contributed by atoms with Crippen LogP contribution in [0.4, 0.5) is 0 Å². The maximum Gasteiger partial charge on any atom is 0.0758 e. The summed E-state index contributed by atoms with van der Waals surface area (Å²) in [6.07, 6.45) is 4.22. The molecule has 2 nitrogen and oxygen atoms in total. The van der Waals surface area contributed by atoms with Crippen molar-refractivity contribution < 1.29 is 5.11 Å². The van der Waals surface area contributed by atoms with Gasteiger partial charge in [-0.15, -0.1) is 0 Å². The quantitative estimate of drug-likeness (QED) is 0.913. The van der Waals surface area contributed by atoms with Crippen molar-refractivity contribution in [2.75, 3.05) is 13.1 Å². The molecule has 1 aromatic rings. The van der Waals surface area contributed by atoms with E-state index in [9.17, 15) is 5.11 Å². The van der Waals surface area contributed by atoms with Crippen molar-refractivity contribution in [1.82, 2.24) is 4.90 Å². The first kappa shape index (κ1) is 15.0. The predicted octanol–water partition coefficient (Wildman–Crippen LogP) is 3.62. The fourth-order valence-corrected chi connectivity index (χ4v) is 3.26. The van der Waals surface area contributed by atoms with Crippen LogP contribution in [0.5, 0.6) is 0 Å². The minimum absolute atomic E-state index is 0.150. The Morgan fingerprint density at radius 3 is 2.58 bits per heavy atom. The van der Waals surface area contributed by atoms with Gasteiger partial charge in [-0.25, -0.2) is 0 Å². The summed E-state index contributed by atoms with van der Waals surface area (Å²) in [5.41, 5.74) is 1.04. The molecule has 1 aliphatic heterocycles. The van der Waals surface area contributed by atoms with Gasteiger partial charge < -0.3 is 5.11 Å². The molecule has 0 spiro atoms. The minimum Gasteiger partial charge on any atom is -0.391 e. The summed E-state index contributed by atoms with van der Waals surface area (Å²) in [6.45, 7) is 6.56. The summed E-state index contributed by atoms with van der Waals surface area (Å²) in [5, 5.41) is 10.6. The lowest BCUT2D eigenvalue weighted by Gasteiger charge is -2.44. The zero-order chi connectivity index (χ0) is 13.9. The Labute approximate surface area is 124 Å². The Morgan fingerprint density at radius 2 is 1.95 bits per heavy atom. The molecule has 1 atom stereocenters. The second kappa shape index (κ2) is 6.38. The van der Waals surface area contributed by atoms with E-state index in [2.05, 4.69) is 46.8 Å². The SMILES string of the molecule is CC(C)(C(O)Cc1cccc(Br)c1)N1CCCCC1. The van der Waals surface area contributed by atoms with Gasteiger partial charge in [0.2, 0.25) is 0 Å². The summed E-state index contributed by atoms with van der Waals surface area (Å²) in [5.74, 6) is 0. The first-order chi connectivity index (χ1) is 9.00. The number of aliphatic hydroxyl groups excluding tert-OH is 1. The molecule has 1 saturated heterocycles. The van der Waals surface area contributed by atoms with Crippen molar-refractivity contribution in [1.29, 1.82) is 0 Å². The number of likely N-dealkylation sites (tertiary alicyclic amines) is 1. The smallest absolute Gasteiger partial charge is 0.0758 e. The highest BCUT2D eigenvalue weighted by atomic mass is 79.9. The van der Waals surface area contributed by atoms with Crippen LogP contribution < -0.4 is 0 Å². The van der Waals surface area contributed by atoms with Crippen LogP contribution in [0.1, 0.15) is 38.7 Å². The summed E-state index contributed by atoms with van der Waals surface area (Å²) in [4.78, 5) is 2.44. The monoisotopic (exact) mass is 325 g/mol. The Bertz CT molecular complexity index is 413. The molecule has 0 saturated carbocycles. The van der Waals surface area contributed by atoms with E-state index in [-0.39, 0.29) is 11.6 Å². The highest BCUT2D eigenvalue weighted by molar-refractivity contribution is 9.10. The van der Waals surface area contributed by atoms with E-state index in [0.717, 1.165) is 17.6 Å². The van der Waals surface area contributed by atoms with E-state index in [1.54, 1.807) is 0 Å². The molecule has 0 aromatic heterocycles. The second-order valence-corrected chi connectivity index (χ2v) is 6.97. The van der Waals surface area contributed by atoms with Gasteiger partial charge in [-0.1, -0.05) is 34.5 Å². The lowest BCUT2D eigenvalue weighted by molar-refractivity contribution is -0.0187. The van der Waals surface area contributed by atoms with Crippen LogP contribution in [-0.4, -0.2) is 34.7 Å². The Balaban J connectivity index is 2.03. The summed E-state index contributed by atoms with van der Waals surface area (Å²) >= 11 is 3.49. The third-order valence-corrected chi connectivity index (χ3v) is 4.80. The maximum absolute atomic E-state index is 10.6. The molecule has 0 amide bonds. The van der Waals surface area contributed by atoms with Gasteiger partial charge in [0.1, 0.15) is 0 Å². The molecule has 1 aliphatic rings. The van der Waals surface area contributed by atoms with Gasteiger partial charge >= 0.3 is 0 Å². The van der Waals surface area contributed by atoms with Gasteiger partial charge in [-0.2, -0.15) is 0 Å². The van der Waals surface area contributed by atoms with Gasteiger partial charge in [0.25, 0.3) is 0 Å². The van der Waals surface area contributed by atoms with Crippen LogP contribution in [-0.2, 0) is 6.42 Å². The average Bonchev–Trinajstić information content (AvgIpc) is 2.39. The van der Waals surface area contributed by atoms with Crippen molar-refractivity contribution in [3.63, 3.8) is 0 Å². The maximum atomic E-state index is 10.6. The number of benzene rings is 1. The van der Waals surface area contributed by atoms with E-state index in [4.69, 9.17) is 0 Å². The summed E-state index contributed by atoms with van der Waals surface area (Å²) in [7, 11) is 0. The standard InChI is InChI=1S/C16H24BrNO/c1-16(2,18-9-4-3-5-10-18)15(19)12-13-7-6-8-14(17)11-13/h6-8,11,15,19H,3-5,9-10,12H2,1-2H3. The normalized spacial score (nSPS) is 19.4. The zero-order valence-electron chi connectivity index (χ0n) is 11.9. The largest absolute Gasteiger partial charge is 0.391 e. The highest BCUT2D eigenvalue weighted by Gasteiger charge is 2.34. The van der Waals surface area contributed by atoms with Crippen LogP contribution in [0.3, 0.4) is 0 Å². The Morgan fingerprint density at radius 1 is 1.26 bits per heavy atom. The number of nitrogens with zero attached hydrogens (tertiary/aromatic N) is 1. The van der Waals surface area contributed by atoms with E-state index < -0.39 is 0 Å². The van der Waals surface area contributed by atoms with Gasteiger partial charge in [0.15, 0.2) is 0 Å². The molecule has 106 valence electrons. The third-order valence-electron chi connectivity index (χ3n) is 4.30. The van der Waals surface area contributed by atoms with Crippen molar-refractivity contribution in [2.45, 2.75) is 51.2 Å². The highest BCUT2D eigenvalue weighted by Crippen LogP contribution is 2.26. The molecule has 0 aliphatic carbocycles. The van der Waals surface area contributed by atoms with Crippen molar-refractivity contribution in [3.8, 4) is 0 Å². The average molecular weight is 326 g/mol. The van der Waals surface area contributed by atoms with Crippen molar-refractivity contribution >= 4 is 15.9 Å². The molecule has 0 radical (unpaired) electrons. The second-order valence-electron chi connectivity index (χ2n) is 6.05. The molecule has 1 fully saturated rings. The van der Waals surface area contributed by atoms with Gasteiger partial charge in [0, 0.05) is 16.4 Å². The van der Waals surface area contributed by atoms with Crippen LogP contribution in [0.25, 0.3) is 0 Å². The lowest BCUT2D eigenvalue weighted by atomic mass is 9.88. The van der Waals surface area contributed by atoms with Crippen LogP contribution in [0.15, 0.2) is 28.7 Å². The Kier molecular flexibility index (Phi) is 5.04. The molecular formula is C16H24BrNO. The third kappa shape index (κ3) is 3.80. The molecular weight excluding hydrogens is 302 g/mol. The Hall–Kier alpha value is -0.380. The molecule has 19 heavy (non-hydrogen) atoms. The van der Waals surface area contributed by atoms with Crippen molar-refractivity contribution in [3.05, 3.63) is 34.3 Å². The lowest BCUT2D eigenvalue weighted by Crippen LogP contribution is -2.54. The topological polar surface area (TPSA) is 23.5 Å². The summed E-state index contributed by atoms with van der Waals surface area (Å²) < 4.78 is 1.08. The van der Waals surface area contributed by atoms with E-state index in [1.165, 1.54) is 24.8 Å². The number of rotatable bonds is 4. The van der Waals surface area contributed by atoms with Crippen LogP contribution >= 0.6 is 15.9 Å². The van der Waals surface area contributed by atoms with Crippen LogP contribution in [0, 0.1) is 0 Å². The molecule has 3 heteroatoms. The number of halogens is 1. The number of piperidine rings is 1. The number of hydrogen-bond acceptors (Lipinski definition) is 2. The minimum atomic E-state index is -0.333. The van der Waals surface area contributed by atoms with E-state index in [0.29, 0.717) is 6.42 Å². The fraction of sp³-hybridized carbons (Fsp3) is 0.625. The molecule has 2 rings (SSSR count). The first-order valence-corrected chi connectivity index (χ1v) is 7.97. The van der Waals surface area contributed by atoms with Crippen LogP contribution in [0.2, 0.25) is 0 Å². The first-order valence-electron chi connectivity index (χ1n) is 7.18. The summed E-state index contributed by atoms with van der Waals surface area (Å²) in [6, 6.07) is 8.22. The van der Waals surface area contributed by atoms with E-state index >= 15 is 0 Å². The van der Waals surface area contributed by atoms with Crippen molar-refractivity contribution in [2.24, 2.45) is 0 Å². The molecule has 1 heterocycles. The molecule has 0 bridgehead atoms. The fourth-order valence-electron chi connectivity index (χ4n) is 2.82. The predicted molar refractivity (Wildman–Crippen MR) is 83.4 cm³/mol. The number of aliphatic hydroxyl groups is 1. The van der Waals surface area contributed by atoms with Gasteiger partial charge in [0.05, 0.1) is 6.10 Å². The molecule has 1 N–H and O–H groups in total. The van der Waals surface area contributed by atoms with Gasteiger partial charge in [-0.05, 0) is 57.5 Å². The van der Waals surface area contributed by atoms with Gasteiger partial charge in [-0.3, -0.25) is 4.90 Å². The van der Waals surface area contributed by atoms with E-state index in [1.807, 2.05) is 12.1 Å². The zero-order valence-corrected chi connectivity index (χ0v) is 13.5.